The number of aliphatic carboxylic acids is 1. The van der Waals surface area contributed by atoms with Gasteiger partial charge in [-0.05, 0) is 37.2 Å². The highest BCUT2D eigenvalue weighted by atomic mass is 19.4. The van der Waals surface area contributed by atoms with Crippen molar-refractivity contribution in [1.82, 2.24) is 10.2 Å². The van der Waals surface area contributed by atoms with Gasteiger partial charge in [0, 0.05) is 17.2 Å². The lowest BCUT2D eigenvalue weighted by atomic mass is 9.79. The normalized spacial score (nSPS) is 23.9. The number of carbonyl (C=O) groups excluding carboxylic acids is 3. The van der Waals surface area contributed by atoms with Gasteiger partial charge in [-0.2, -0.15) is 13.2 Å². The second kappa shape index (κ2) is 7.82. The van der Waals surface area contributed by atoms with Crippen molar-refractivity contribution in [2.24, 2.45) is 5.92 Å². The minimum Gasteiger partial charge on any atom is -0.477 e. The highest BCUT2D eigenvalue weighted by molar-refractivity contribution is 6.01. The fourth-order valence-electron chi connectivity index (χ4n) is 4.15. The molecule has 3 aliphatic heterocycles. The number of halogens is 3. The number of rotatable bonds is 5. The molecule has 0 spiro atoms. The summed E-state index contributed by atoms with van der Waals surface area (Å²) >= 11 is 0. The molecule has 2 saturated heterocycles. The number of alkyl halides is 3. The van der Waals surface area contributed by atoms with Crippen LogP contribution >= 0.6 is 0 Å². The average molecular weight is 455 g/mol. The summed E-state index contributed by atoms with van der Waals surface area (Å²) in [6, 6.07) is 3.73. The Labute approximate surface area is 177 Å². The van der Waals surface area contributed by atoms with Gasteiger partial charge < -0.3 is 19.9 Å². The molecule has 3 N–H and O–H groups in total. The number of carboxylic acids is 1. The lowest BCUT2D eigenvalue weighted by Crippen LogP contribution is -2.72. The Morgan fingerprint density at radius 2 is 1.91 bits per heavy atom. The van der Waals surface area contributed by atoms with E-state index >= 15 is 0 Å². The van der Waals surface area contributed by atoms with Gasteiger partial charge in [0.2, 0.25) is 5.91 Å². The number of nitrogens with one attached hydrogen (secondary N) is 2. The average Bonchev–Trinajstić information content (AvgIpc) is 3.06. The van der Waals surface area contributed by atoms with Gasteiger partial charge in [0.05, 0.1) is 6.04 Å². The van der Waals surface area contributed by atoms with E-state index in [2.05, 4.69) is 15.4 Å². The number of carbonyl (C=O) groups is 4. The van der Waals surface area contributed by atoms with Crippen LogP contribution in [0, 0.1) is 5.92 Å². The molecule has 4 rings (SSSR count). The summed E-state index contributed by atoms with van der Waals surface area (Å²) in [5.41, 5.74) is 0.319. The number of piperidine rings is 1. The van der Waals surface area contributed by atoms with Gasteiger partial charge in [-0.3, -0.25) is 15.0 Å². The first-order valence-electron chi connectivity index (χ1n) is 9.43. The lowest BCUT2D eigenvalue weighted by Gasteiger charge is -2.48. The highest BCUT2D eigenvalue weighted by Gasteiger charge is 2.61. The summed E-state index contributed by atoms with van der Waals surface area (Å²) in [4.78, 5) is 48.1. The van der Waals surface area contributed by atoms with Gasteiger partial charge in [-0.1, -0.05) is 0 Å². The molecular formula is C19H16F3N3O7. The molecule has 3 atom stereocenters. The number of carboxylic acid groups (broad SMARTS) is 1. The SMILES string of the molecule is O=C(Nc1ccc(OC(=O)C(F)(F)F)cc1)OCC1=C(C(=O)O)N2C(=O)[C@H]3NCCC1[C@H]32. The van der Waals surface area contributed by atoms with Crippen LogP contribution in [0.3, 0.4) is 0 Å². The Bertz CT molecular complexity index is 1020. The largest absolute Gasteiger partial charge is 0.491 e. The zero-order valence-corrected chi connectivity index (χ0v) is 16.1. The van der Waals surface area contributed by atoms with Crippen LogP contribution in [0.1, 0.15) is 6.42 Å². The minimum atomic E-state index is -5.14. The number of amides is 2. The van der Waals surface area contributed by atoms with E-state index in [4.69, 9.17) is 4.74 Å². The van der Waals surface area contributed by atoms with E-state index in [-0.39, 0.29) is 41.6 Å². The Kier molecular flexibility index (Phi) is 5.28. The van der Waals surface area contributed by atoms with Crippen LogP contribution in [-0.4, -0.2) is 65.4 Å². The van der Waals surface area contributed by atoms with Crippen molar-refractivity contribution < 1.29 is 46.9 Å². The van der Waals surface area contributed by atoms with Crippen molar-refractivity contribution in [3.05, 3.63) is 35.5 Å². The number of benzene rings is 1. The number of ether oxygens (including phenoxy) is 2. The molecule has 0 radical (unpaired) electrons. The van der Waals surface area contributed by atoms with Crippen LogP contribution in [0.5, 0.6) is 5.75 Å². The summed E-state index contributed by atoms with van der Waals surface area (Å²) in [5.74, 6) is -4.60. The Balaban J connectivity index is 1.37. The third-order valence-corrected chi connectivity index (χ3v) is 5.47. The third kappa shape index (κ3) is 3.75. The maximum atomic E-state index is 12.2. The molecular weight excluding hydrogens is 439 g/mol. The summed E-state index contributed by atoms with van der Waals surface area (Å²) in [6.45, 7) is 0.186. The summed E-state index contributed by atoms with van der Waals surface area (Å²) in [5, 5.41) is 14.9. The van der Waals surface area contributed by atoms with Gasteiger partial charge in [0.25, 0.3) is 0 Å². The fraction of sp³-hybridized carbons (Fsp3) is 0.368. The highest BCUT2D eigenvalue weighted by Crippen LogP contribution is 2.46. The molecule has 170 valence electrons. The molecule has 10 nitrogen and oxygen atoms in total. The number of hydrogen-bond acceptors (Lipinski definition) is 7. The molecule has 3 heterocycles. The van der Waals surface area contributed by atoms with Crippen LogP contribution in [-0.2, 0) is 19.1 Å². The molecule has 3 aliphatic rings. The molecule has 0 aromatic heterocycles. The van der Waals surface area contributed by atoms with Crippen molar-refractivity contribution in [3.8, 4) is 5.75 Å². The maximum Gasteiger partial charge on any atom is 0.491 e. The second-order valence-corrected chi connectivity index (χ2v) is 7.32. The predicted molar refractivity (Wildman–Crippen MR) is 98.3 cm³/mol. The van der Waals surface area contributed by atoms with E-state index in [1.807, 2.05) is 0 Å². The molecule has 0 aliphatic carbocycles. The van der Waals surface area contributed by atoms with Gasteiger partial charge >= 0.3 is 24.2 Å². The molecule has 2 fully saturated rings. The number of anilines is 1. The Morgan fingerprint density at radius 3 is 2.53 bits per heavy atom. The van der Waals surface area contributed by atoms with E-state index in [0.29, 0.717) is 18.5 Å². The van der Waals surface area contributed by atoms with Crippen molar-refractivity contribution in [2.75, 3.05) is 18.5 Å². The predicted octanol–water partition coefficient (Wildman–Crippen LogP) is 1.24. The van der Waals surface area contributed by atoms with E-state index in [0.717, 1.165) is 12.1 Å². The van der Waals surface area contributed by atoms with Crippen molar-refractivity contribution >= 4 is 29.6 Å². The summed E-state index contributed by atoms with van der Waals surface area (Å²) in [7, 11) is 0. The molecule has 1 aromatic carbocycles. The zero-order chi connectivity index (χ0) is 23.2. The molecule has 1 unspecified atom stereocenters. The molecule has 1 aromatic rings. The fourth-order valence-corrected chi connectivity index (χ4v) is 4.15. The first kappa shape index (κ1) is 21.6. The van der Waals surface area contributed by atoms with Gasteiger partial charge in [0.15, 0.2) is 0 Å². The van der Waals surface area contributed by atoms with E-state index in [1.54, 1.807) is 0 Å². The second-order valence-electron chi connectivity index (χ2n) is 7.32. The molecule has 0 saturated carbocycles. The first-order valence-corrected chi connectivity index (χ1v) is 9.43. The van der Waals surface area contributed by atoms with Crippen molar-refractivity contribution in [2.45, 2.75) is 24.7 Å². The topological polar surface area (TPSA) is 134 Å². The molecule has 32 heavy (non-hydrogen) atoms. The van der Waals surface area contributed by atoms with Gasteiger partial charge in [-0.25, -0.2) is 14.4 Å². The summed E-state index contributed by atoms with van der Waals surface area (Å²) < 4.78 is 45.9. The number of β-lactam (4-membered cyclic amide) rings is 1. The van der Waals surface area contributed by atoms with Gasteiger partial charge in [-0.15, -0.1) is 0 Å². The Hall–Kier alpha value is -3.61. The van der Waals surface area contributed by atoms with Crippen LogP contribution in [0.25, 0.3) is 0 Å². The van der Waals surface area contributed by atoms with E-state index in [9.17, 15) is 37.5 Å². The number of esters is 1. The Morgan fingerprint density at radius 1 is 1.22 bits per heavy atom. The quantitative estimate of drug-likeness (QED) is 0.343. The van der Waals surface area contributed by atoms with E-state index in [1.165, 1.54) is 17.0 Å². The monoisotopic (exact) mass is 455 g/mol. The zero-order valence-electron chi connectivity index (χ0n) is 16.1. The van der Waals surface area contributed by atoms with Crippen LogP contribution in [0.4, 0.5) is 23.7 Å². The molecule has 13 heteroatoms. The summed E-state index contributed by atoms with van der Waals surface area (Å²) in [6.07, 6.45) is -5.49. The number of hydrogen-bond donors (Lipinski definition) is 3. The van der Waals surface area contributed by atoms with Crippen LogP contribution in [0.2, 0.25) is 0 Å². The molecule has 0 bridgehead atoms. The van der Waals surface area contributed by atoms with Crippen LogP contribution in [0.15, 0.2) is 35.5 Å². The lowest BCUT2D eigenvalue weighted by molar-refractivity contribution is -0.189. The van der Waals surface area contributed by atoms with Crippen LogP contribution < -0.4 is 15.4 Å². The third-order valence-electron chi connectivity index (χ3n) is 5.47. The number of nitrogens with zero attached hydrogens (tertiary/aromatic N) is 1. The minimum absolute atomic E-state index is 0.140. The van der Waals surface area contributed by atoms with Crippen molar-refractivity contribution in [3.63, 3.8) is 0 Å². The standard InChI is InChI=1S/C19H16F3N3O7/c20-19(21,22)17(29)32-9-3-1-8(2-4-9)24-18(30)31-7-11-10-5-6-23-12-13(10)25(15(12)26)14(11)16(27)28/h1-4,10,12-13,23H,5-7H2,(H,24,30)(H,27,28)/t10?,12-,13+/m0/s1. The molecule has 2 amide bonds. The maximum absolute atomic E-state index is 12.2. The van der Waals surface area contributed by atoms with Gasteiger partial charge in [0.1, 0.15) is 24.1 Å². The van der Waals surface area contributed by atoms with Crippen molar-refractivity contribution in [1.29, 1.82) is 0 Å². The first-order chi connectivity index (χ1) is 15.1. The van der Waals surface area contributed by atoms with E-state index < -0.39 is 30.2 Å². The smallest absolute Gasteiger partial charge is 0.477 e.